The number of amides is 2. The minimum absolute atomic E-state index is 0.00505. The Morgan fingerprint density at radius 1 is 1.25 bits per heavy atom. The van der Waals surface area contributed by atoms with Gasteiger partial charge in [-0.25, -0.2) is 0 Å². The van der Waals surface area contributed by atoms with Gasteiger partial charge in [-0.2, -0.15) is 0 Å². The molecule has 0 aromatic carbocycles. The van der Waals surface area contributed by atoms with Gasteiger partial charge in [-0.3, -0.25) is 9.59 Å². The lowest BCUT2D eigenvalue weighted by atomic mass is 9.80. The molecular formula is C11H20N2O3. The van der Waals surface area contributed by atoms with Crippen LogP contribution in [0.1, 0.15) is 39.0 Å². The van der Waals surface area contributed by atoms with E-state index in [9.17, 15) is 14.7 Å². The summed E-state index contributed by atoms with van der Waals surface area (Å²) in [5, 5.41) is 14.9. The lowest BCUT2D eigenvalue weighted by molar-refractivity contribution is -0.127. The first-order valence-electron chi connectivity index (χ1n) is 5.81. The van der Waals surface area contributed by atoms with E-state index in [0.29, 0.717) is 6.42 Å². The Bertz CT molecular complexity index is 262. The van der Waals surface area contributed by atoms with E-state index in [1.807, 2.05) is 6.92 Å². The Balaban J connectivity index is 2.09. The first kappa shape index (κ1) is 13.0. The molecule has 5 heteroatoms. The zero-order valence-corrected chi connectivity index (χ0v) is 9.71. The van der Waals surface area contributed by atoms with Gasteiger partial charge in [0.25, 0.3) is 0 Å². The summed E-state index contributed by atoms with van der Waals surface area (Å²) in [5.41, 5.74) is -0.705. The second-order valence-electron chi connectivity index (χ2n) is 4.38. The van der Waals surface area contributed by atoms with Crippen molar-refractivity contribution in [2.24, 2.45) is 0 Å². The topological polar surface area (TPSA) is 78.4 Å². The van der Waals surface area contributed by atoms with E-state index in [-0.39, 0.29) is 24.9 Å². The zero-order chi connectivity index (χ0) is 12.0. The fourth-order valence-electron chi connectivity index (χ4n) is 1.58. The monoisotopic (exact) mass is 228 g/mol. The maximum atomic E-state index is 11.3. The van der Waals surface area contributed by atoms with Gasteiger partial charge in [0.05, 0.1) is 12.1 Å². The van der Waals surface area contributed by atoms with Crippen molar-refractivity contribution in [3.05, 3.63) is 0 Å². The number of aliphatic hydroxyl groups is 1. The third kappa shape index (κ3) is 4.18. The molecule has 5 nitrogen and oxygen atoms in total. The van der Waals surface area contributed by atoms with Crippen molar-refractivity contribution in [2.75, 3.05) is 13.1 Å². The van der Waals surface area contributed by atoms with Gasteiger partial charge in [0, 0.05) is 13.0 Å². The summed E-state index contributed by atoms with van der Waals surface area (Å²) in [7, 11) is 0. The average Bonchev–Trinajstić information content (AvgIpc) is 2.21. The van der Waals surface area contributed by atoms with Crippen LogP contribution in [0.3, 0.4) is 0 Å². The van der Waals surface area contributed by atoms with Crippen molar-refractivity contribution in [3.8, 4) is 0 Å². The molecule has 0 heterocycles. The predicted molar refractivity (Wildman–Crippen MR) is 59.7 cm³/mol. The van der Waals surface area contributed by atoms with E-state index in [1.54, 1.807) is 0 Å². The highest BCUT2D eigenvalue weighted by Crippen LogP contribution is 2.30. The van der Waals surface area contributed by atoms with E-state index in [0.717, 1.165) is 25.7 Å². The molecule has 2 amide bonds. The molecule has 92 valence electrons. The molecule has 0 unspecified atom stereocenters. The SMILES string of the molecule is CCCC(=O)NCC(=O)NCC1(O)CCC1. The molecule has 1 aliphatic rings. The van der Waals surface area contributed by atoms with E-state index >= 15 is 0 Å². The number of hydrogen-bond donors (Lipinski definition) is 3. The molecule has 0 aliphatic heterocycles. The first-order chi connectivity index (χ1) is 7.56. The Morgan fingerprint density at radius 2 is 1.94 bits per heavy atom. The maximum Gasteiger partial charge on any atom is 0.239 e. The molecule has 0 aromatic heterocycles. The highest BCUT2D eigenvalue weighted by molar-refractivity contribution is 5.84. The first-order valence-corrected chi connectivity index (χ1v) is 5.81. The van der Waals surface area contributed by atoms with Crippen LogP contribution in [0.4, 0.5) is 0 Å². The van der Waals surface area contributed by atoms with Crippen LogP contribution in [0, 0.1) is 0 Å². The van der Waals surface area contributed by atoms with E-state index in [2.05, 4.69) is 10.6 Å². The normalized spacial score (nSPS) is 17.4. The minimum Gasteiger partial charge on any atom is -0.388 e. The Labute approximate surface area is 95.6 Å². The Kier molecular flexibility index (Phi) is 4.73. The molecule has 0 atom stereocenters. The van der Waals surface area contributed by atoms with Gasteiger partial charge < -0.3 is 15.7 Å². The summed E-state index contributed by atoms with van der Waals surface area (Å²) in [6, 6.07) is 0. The number of hydrogen-bond acceptors (Lipinski definition) is 3. The predicted octanol–water partition coefficient (Wildman–Crippen LogP) is -0.0661. The second-order valence-corrected chi connectivity index (χ2v) is 4.38. The lowest BCUT2D eigenvalue weighted by Crippen LogP contribution is -2.49. The second kappa shape index (κ2) is 5.84. The van der Waals surface area contributed by atoms with Crippen molar-refractivity contribution in [2.45, 2.75) is 44.6 Å². The van der Waals surface area contributed by atoms with Crippen LogP contribution in [0.5, 0.6) is 0 Å². The zero-order valence-electron chi connectivity index (χ0n) is 9.71. The van der Waals surface area contributed by atoms with Crippen LogP contribution in [0.2, 0.25) is 0 Å². The third-order valence-electron chi connectivity index (χ3n) is 2.82. The van der Waals surface area contributed by atoms with E-state index in [4.69, 9.17) is 0 Å². The Morgan fingerprint density at radius 3 is 2.44 bits per heavy atom. The molecule has 0 saturated heterocycles. The minimum atomic E-state index is -0.705. The largest absolute Gasteiger partial charge is 0.388 e. The van der Waals surface area contributed by atoms with Crippen LogP contribution in [-0.4, -0.2) is 35.6 Å². The third-order valence-corrected chi connectivity index (χ3v) is 2.82. The molecule has 0 radical (unpaired) electrons. The van der Waals surface area contributed by atoms with E-state index in [1.165, 1.54) is 0 Å². The van der Waals surface area contributed by atoms with Gasteiger partial charge in [-0.1, -0.05) is 6.92 Å². The number of nitrogens with one attached hydrogen (secondary N) is 2. The fourth-order valence-corrected chi connectivity index (χ4v) is 1.58. The molecule has 0 bridgehead atoms. The molecule has 1 aliphatic carbocycles. The molecule has 1 fully saturated rings. The molecule has 0 aromatic rings. The summed E-state index contributed by atoms with van der Waals surface area (Å²) in [5.74, 6) is -0.357. The summed E-state index contributed by atoms with van der Waals surface area (Å²) in [6.07, 6.45) is 3.72. The summed E-state index contributed by atoms with van der Waals surface area (Å²) >= 11 is 0. The van der Waals surface area contributed by atoms with E-state index < -0.39 is 5.60 Å². The van der Waals surface area contributed by atoms with Gasteiger partial charge >= 0.3 is 0 Å². The quantitative estimate of drug-likeness (QED) is 0.595. The standard InChI is InChI=1S/C11H20N2O3/c1-2-4-9(14)12-7-10(15)13-8-11(16)5-3-6-11/h16H,2-8H2,1H3,(H,12,14)(H,13,15). The van der Waals surface area contributed by atoms with Gasteiger partial charge in [0.2, 0.25) is 11.8 Å². The molecule has 1 saturated carbocycles. The van der Waals surface area contributed by atoms with Crippen LogP contribution in [0.25, 0.3) is 0 Å². The van der Waals surface area contributed by atoms with Crippen LogP contribution < -0.4 is 10.6 Å². The molecular weight excluding hydrogens is 208 g/mol. The van der Waals surface area contributed by atoms with Crippen molar-refractivity contribution in [1.29, 1.82) is 0 Å². The van der Waals surface area contributed by atoms with Gasteiger partial charge in [-0.15, -0.1) is 0 Å². The molecule has 3 N–H and O–H groups in total. The summed E-state index contributed by atoms with van der Waals surface area (Å²) < 4.78 is 0. The highest BCUT2D eigenvalue weighted by Gasteiger charge is 2.34. The smallest absolute Gasteiger partial charge is 0.239 e. The van der Waals surface area contributed by atoms with Crippen LogP contribution in [-0.2, 0) is 9.59 Å². The number of carbonyl (C=O) groups is 2. The number of rotatable bonds is 6. The maximum absolute atomic E-state index is 11.3. The van der Waals surface area contributed by atoms with Crippen molar-refractivity contribution in [1.82, 2.24) is 10.6 Å². The summed E-state index contributed by atoms with van der Waals surface area (Å²) in [6.45, 7) is 2.19. The molecule has 0 spiro atoms. The number of carbonyl (C=O) groups excluding carboxylic acids is 2. The van der Waals surface area contributed by atoms with Gasteiger partial charge in [0.15, 0.2) is 0 Å². The van der Waals surface area contributed by atoms with Crippen molar-refractivity contribution >= 4 is 11.8 Å². The van der Waals surface area contributed by atoms with Crippen molar-refractivity contribution in [3.63, 3.8) is 0 Å². The Hall–Kier alpha value is -1.10. The lowest BCUT2D eigenvalue weighted by Gasteiger charge is -2.36. The molecule has 1 rings (SSSR count). The van der Waals surface area contributed by atoms with Crippen molar-refractivity contribution < 1.29 is 14.7 Å². The molecule has 16 heavy (non-hydrogen) atoms. The fraction of sp³-hybridized carbons (Fsp3) is 0.818. The van der Waals surface area contributed by atoms with Crippen LogP contribution in [0.15, 0.2) is 0 Å². The van der Waals surface area contributed by atoms with Gasteiger partial charge in [-0.05, 0) is 25.7 Å². The summed E-state index contributed by atoms with van der Waals surface area (Å²) in [4.78, 5) is 22.4. The highest BCUT2D eigenvalue weighted by atomic mass is 16.3. The van der Waals surface area contributed by atoms with Crippen LogP contribution >= 0.6 is 0 Å². The average molecular weight is 228 g/mol. The van der Waals surface area contributed by atoms with Gasteiger partial charge in [0.1, 0.15) is 0 Å².